The van der Waals surface area contributed by atoms with Crippen LogP contribution in [0.25, 0.3) is 0 Å². The zero-order valence-corrected chi connectivity index (χ0v) is 8.98. The summed E-state index contributed by atoms with van der Waals surface area (Å²) in [5.74, 6) is -0.574. The highest BCUT2D eigenvalue weighted by Crippen LogP contribution is 2.25. The van der Waals surface area contributed by atoms with Gasteiger partial charge in [-0.3, -0.25) is 10.1 Å². The predicted octanol–water partition coefficient (Wildman–Crippen LogP) is 1.18. The minimum atomic E-state index is -0.931. The second-order valence-electron chi connectivity index (χ2n) is 3.02. The molecule has 1 atom stereocenters. The number of thioether (sulfide) groups is 1. The molecule has 0 aliphatic heterocycles. The van der Waals surface area contributed by atoms with Crippen LogP contribution in [0.2, 0.25) is 0 Å². The lowest BCUT2D eigenvalue weighted by atomic mass is 10.3. The van der Waals surface area contributed by atoms with Crippen molar-refractivity contribution in [3.8, 4) is 0 Å². The monoisotopic (exact) mass is 247 g/mol. The highest BCUT2D eigenvalue weighted by molar-refractivity contribution is 7.99. The zero-order valence-electron chi connectivity index (χ0n) is 8.17. The molecule has 0 radical (unpaired) electrons. The Kier molecular flexibility index (Phi) is 4.66. The van der Waals surface area contributed by atoms with E-state index < -0.39 is 23.5 Å². The zero-order chi connectivity index (χ0) is 12.1. The van der Waals surface area contributed by atoms with Crippen molar-refractivity contribution in [3.05, 3.63) is 34.1 Å². The Bertz CT molecular complexity index is 388. The third kappa shape index (κ3) is 3.44. The van der Waals surface area contributed by atoms with Crippen molar-refractivity contribution in [2.24, 2.45) is 0 Å². The molecule has 0 unspecified atom stereocenters. The number of non-ortho nitro benzene ring substituents is 1. The fourth-order valence-electron chi connectivity index (χ4n) is 0.959. The van der Waals surface area contributed by atoms with Gasteiger partial charge in [-0.1, -0.05) is 0 Å². The maximum atomic E-state index is 13.3. The molecule has 0 spiro atoms. The normalized spacial score (nSPS) is 12.4. The lowest BCUT2D eigenvalue weighted by Crippen LogP contribution is -2.14. The standard InChI is InChI=1S/C9H10FNO4S/c10-8-3-6(11(14)15)1-2-9(8)16-5-7(13)4-12/h1-3,7,12-13H,4-5H2/t7-/m1/s1. The van der Waals surface area contributed by atoms with Crippen LogP contribution in [-0.2, 0) is 0 Å². The van der Waals surface area contributed by atoms with E-state index >= 15 is 0 Å². The summed E-state index contributed by atoms with van der Waals surface area (Å²) >= 11 is 0.993. The van der Waals surface area contributed by atoms with Crippen molar-refractivity contribution in [1.82, 2.24) is 0 Å². The van der Waals surface area contributed by atoms with E-state index in [-0.39, 0.29) is 16.3 Å². The molecular formula is C9H10FNO4S. The SMILES string of the molecule is O=[N+]([O-])c1ccc(SC[C@H](O)CO)c(F)c1. The van der Waals surface area contributed by atoms with E-state index in [2.05, 4.69) is 0 Å². The van der Waals surface area contributed by atoms with E-state index in [9.17, 15) is 14.5 Å². The predicted molar refractivity (Wildman–Crippen MR) is 56.9 cm³/mol. The van der Waals surface area contributed by atoms with E-state index in [1.165, 1.54) is 12.1 Å². The average Bonchev–Trinajstić information content (AvgIpc) is 2.26. The fraction of sp³-hybridized carbons (Fsp3) is 0.333. The van der Waals surface area contributed by atoms with Gasteiger partial charge in [0.05, 0.1) is 23.7 Å². The molecule has 2 N–H and O–H groups in total. The van der Waals surface area contributed by atoms with E-state index in [1.807, 2.05) is 0 Å². The first-order chi connectivity index (χ1) is 7.54. The van der Waals surface area contributed by atoms with Gasteiger partial charge in [-0.2, -0.15) is 0 Å². The van der Waals surface area contributed by atoms with E-state index in [0.29, 0.717) is 0 Å². The molecule has 0 bridgehead atoms. The van der Waals surface area contributed by atoms with Gasteiger partial charge < -0.3 is 10.2 Å². The van der Waals surface area contributed by atoms with Crippen LogP contribution in [0.15, 0.2) is 23.1 Å². The Morgan fingerprint density at radius 2 is 2.25 bits per heavy atom. The second-order valence-corrected chi connectivity index (χ2v) is 4.08. The summed E-state index contributed by atoms with van der Waals surface area (Å²) in [6.45, 7) is -0.401. The van der Waals surface area contributed by atoms with Crippen LogP contribution in [0.4, 0.5) is 10.1 Å². The number of halogens is 1. The van der Waals surface area contributed by atoms with E-state index in [4.69, 9.17) is 10.2 Å². The number of hydrogen-bond acceptors (Lipinski definition) is 5. The maximum Gasteiger partial charge on any atom is 0.272 e. The third-order valence-electron chi connectivity index (χ3n) is 1.77. The molecule has 0 fully saturated rings. The molecule has 0 amide bonds. The van der Waals surface area contributed by atoms with Crippen molar-refractivity contribution in [2.75, 3.05) is 12.4 Å². The Hall–Kier alpha value is -1.18. The Balaban J connectivity index is 2.72. The first-order valence-corrected chi connectivity index (χ1v) is 5.39. The van der Waals surface area contributed by atoms with Gasteiger partial charge in [0.15, 0.2) is 0 Å². The molecule has 0 aliphatic rings. The summed E-state index contributed by atoms with van der Waals surface area (Å²) in [4.78, 5) is 9.86. The smallest absolute Gasteiger partial charge is 0.272 e. The van der Waals surface area contributed by atoms with Gasteiger partial charge >= 0.3 is 0 Å². The maximum absolute atomic E-state index is 13.3. The summed E-state index contributed by atoms with van der Waals surface area (Å²) in [6, 6.07) is 3.30. The number of nitro groups is 1. The molecule has 5 nitrogen and oxygen atoms in total. The summed E-state index contributed by atoms with van der Waals surface area (Å²) in [7, 11) is 0. The minimum Gasteiger partial charge on any atom is -0.394 e. The Morgan fingerprint density at radius 1 is 1.56 bits per heavy atom. The number of aliphatic hydroxyl groups excluding tert-OH is 2. The molecule has 1 aromatic rings. The topological polar surface area (TPSA) is 83.6 Å². The molecule has 0 saturated carbocycles. The molecule has 16 heavy (non-hydrogen) atoms. The molecule has 0 aliphatic carbocycles. The molecule has 0 heterocycles. The van der Waals surface area contributed by atoms with Gasteiger partial charge in [-0.05, 0) is 6.07 Å². The summed E-state index contributed by atoms with van der Waals surface area (Å²) < 4.78 is 13.3. The van der Waals surface area contributed by atoms with Crippen molar-refractivity contribution in [3.63, 3.8) is 0 Å². The number of nitrogens with zero attached hydrogens (tertiary/aromatic N) is 1. The first-order valence-electron chi connectivity index (χ1n) is 4.40. The van der Waals surface area contributed by atoms with Crippen LogP contribution >= 0.6 is 11.8 Å². The highest BCUT2D eigenvalue weighted by Gasteiger charge is 2.12. The number of benzene rings is 1. The van der Waals surface area contributed by atoms with Crippen molar-refractivity contribution in [1.29, 1.82) is 0 Å². The lowest BCUT2D eigenvalue weighted by molar-refractivity contribution is -0.385. The van der Waals surface area contributed by atoms with Crippen LogP contribution in [-0.4, -0.2) is 33.6 Å². The van der Waals surface area contributed by atoms with Gasteiger partial charge in [-0.15, -0.1) is 11.8 Å². The highest BCUT2D eigenvalue weighted by atomic mass is 32.2. The van der Waals surface area contributed by atoms with Crippen LogP contribution in [0.5, 0.6) is 0 Å². The molecule has 7 heteroatoms. The number of rotatable bonds is 5. The van der Waals surface area contributed by atoms with E-state index in [1.54, 1.807) is 0 Å². The Morgan fingerprint density at radius 3 is 2.75 bits per heavy atom. The van der Waals surface area contributed by atoms with Crippen LogP contribution < -0.4 is 0 Å². The van der Waals surface area contributed by atoms with Gasteiger partial charge in [0.2, 0.25) is 0 Å². The van der Waals surface area contributed by atoms with Crippen molar-refractivity contribution in [2.45, 2.75) is 11.0 Å². The summed E-state index contributed by atoms with van der Waals surface area (Å²) in [5.41, 5.74) is -0.315. The molecule has 88 valence electrons. The molecule has 1 aromatic carbocycles. The van der Waals surface area contributed by atoms with E-state index in [0.717, 1.165) is 17.8 Å². The minimum absolute atomic E-state index is 0.130. The molecule has 0 aromatic heterocycles. The van der Waals surface area contributed by atoms with Gasteiger partial charge in [0, 0.05) is 16.7 Å². The number of nitro benzene ring substituents is 1. The van der Waals surface area contributed by atoms with Crippen LogP contribution in [0, 0.1) is 15.9 Å². The molecule has 1 rings (SSSR count). The summed E-state index contributed by atoms with van der Waals surface area (Å²) in [6.07, 6.45) is -0.931. The summed E-state index contributed by atoms with van der Waals surface area (Å²) in [5, 5.41) is 27.9. The molecular weight excluding hydrogens is 237 g/mol. The van der Waals surface area contributed by atoms with Crippen molar-refractivity contribution >= 4 is 17.4 Å². The lowest BCUT2D eigenvalue weighted by Gasteiger charge is -2.06. The van der Waals surface area contributed by atoms with Crippen molar-refractivity contribution < 1.29 is 19.5 Å². The first kappa shape index (κ1) is 12.9. The van der Waals surface area contributed by atoms with Gasteiger partial charge in [0.1, 0.15) is 5.82 Å². The van der Waals surface area contributed by atoms with Crippen LogP contribution in [0.3, 0.4) is 0 Å². The Labute approximate surface area is 95.1 Å². The second kappa shape index (κ2) is 5.78. The largest absolute Gasteiger partial charge is 0.394 e. The molecule has 0 saturated heterocycles. The quantitative estimate of drug-likeness (QED) is 0.463. The van der Waals surface area contributed by atoms with Gasteiger partial charge in [-0.25, -0.2) is 4.39 Å². The average molecular weight is 247 g/mol. The number of aliphatic hydroxyl groups is 2. The fourth-order valence-corrected chi connectivity index (χ4v) is 1.80. The van der Waals surface area contributed by atoms with Crippen LogP contribution in [0.1, 0.15) is 0 Å². The van der Waals surface area contributed by atoms with Gasteiger partial charge in [0.25, 0.3) is 5.69 Å². The third-order valence-corrected chi connectivity index (χ3v) is 2.96. The number of hydrogen-bond donors (Lipinski definition) is 2.